The third-order valence-corrected chi connectivity index (χ3v) is 5.54. The molecule has 2 N–H and O–H groups in total. The molecule has 2 aromatic rings. The topological polar surface area (TPSA) is 106 Å². The van der Waals surface area contributed by atoms with Crippen LogP contribution in [0, 0.1) is 5.92 Å². The van der Waals surface area contributed by atoms with Gasteiger partial charge in [0.15, 0.2) is 11.5 Å². The molecule has 0 aliphatic carbocycles. The quantitative estimate of drug-likeness (QED) is 0.679. The Balaban J connectivity index is 1.29. The lowest BCUT2D eigenvalue weighted by Gasteiger charge is -2.19. The Morgan fingerprint density at radius 1 is 1.16 bits per heavy atom. The summed E-state index contributed by atoms with van der Waals surface area (Å²) in [5.41, 5.74) is 1.57. The van der Waals surface area contributed by atoms with Gasteiger partial charge in [0.05, 0.1) is 13.0 Å². The number of nitrogens with one attached hydrogen (secondary N) is 2. The van der Waals surface area contributed by atoms with Crippen LogP contribution < -0.4 is 29.7 Å². The van der Waals surface area contributed by atoms with Crippen LogP contribution in [0.4, 0.5) is 5.69 Å². The summed E-state index contributed by atoms with van der Waals surface area (Å²) in [5.74, 6) is 0.626. The van der Waals surface area contributed by atoms with Crippen molar-refractivity contribution in [3.8, 4) is 17.2 Å². The van der Waals surface area contributed by atoms with Crippen molar-refractivity contribution < 1.29 is 28.6 Å². The maximum absolute atomic E-state index is 12.7. The second-order valence-corrected chi connectivity index (χ2v) is 7.74. The van der Waals surface area contributed by atoms with Crippen LogP contribution in [0.3, 0.4) is 0 Å². The number of methoxy groups -OCH3 is 1. The Morgan fingerprint density at radius 2 is 1.91 bits per heavy atom. The third kappa shape index (κ3) is 4.61. The maximum Gasteiger partial charge on any atom is 0.242 e. The number of amides is 3. The average Bonchev–Trinajstić information content (AvgIpc) is 3.43. The van der Waals surface area contributed by atoms with Crippen molar-refractivity contribution in [2.75, 3.05) is 25.3 Å². The van der Waals surface area contributed by atoms with E-state index in [1.165, 1.54) is 0 Å². The number of nitrogens with zero attached hydrogens (tertiary/aromatic N) is 1. The lowest BCUT2D eigenvalue weighted by atomic mass is 10.1. The van der Waals surface area contributed by atoms with E-state index in [0.717, 1.165) is 11.3 Å². The van der Waals surface area contributed by atoms with Gasteiger partial charge < -0.3 is 29.7 Å². The standard InChI is InChI=1S/C23H25N3O6/c1-14(22(28)24-11-15-3-6-18(30-2)7-4-15)25-23(29)16-9-21(27)26(12-16)17-5-8-19-20(10-17)32-13-31-19/h3-8,10,14,16H,9,11-13H2,1-2H3,(H,24,28)(H,25,29)/t14-,16-/m0/s1. The zero-order valence-electron chi connectivity index (χ0n) is 17.9. The molecule has 2 heterocycles. The molecule has 0 saturated carbocycles. The highest BCUT2D eigenvalue weighted by Gasteiger charge is 2.36. The number of fused-ring (bicyclic) bond motifs is 1. The summed E-state index contributed by atoms with van der Waals surface area (Å²) in [5, 5.41) is 5.52. The van der Waals surface area contributed by atoms with E-state index >= 15 is 0 Å². The van der Waals surface area contributed by atoms with E-state index in [1.807, 2.05) is 24.3 Å². The Morgan fingerprint density at radius 3 is 2.66 bits per heavy atom. The molecule has 0 spiro atoms. The fourth-order valence-electron chi connectivity index (χ4n) is 3.67. The van der Waals surface area contributed by atoms with E-state index in [-0.39, 0.29) is 37.5 Å². The van der Waals surface area contributed by atoms with Gasteiger partial charge in [-0.2, -0.15) is 0 Å². The minimum Gasteiger partial charge on any atom is -0.497 e. The molecule has 2 aliphatic heterocycles. The Hall–Kier alpha value is -3.75. The highest BCUT2D eigenvalue weighted by Crippen LogP contribution is 2.37. The number of ether oxygens (including phenoxy) is 3. The second-order valence-electron chi connectivity index (χ2n) is 7.74. The highest BCUT2D eigenvalue weighted by molar-refractivity contribution is 6.01. The summed E-state index contributed by atoms with van der Waals surface area (Å²) in [6.07, 6.45) is 0.0838. The highest BCUT2D eigenvalue weighted by atomic mass is 16.7. The molecular weight excluding hydrogens is 414 g/mol. The average molecular weight is 439 g/mol. The summed E-state index contributed by atoms with van der Waals surface area (Å²) in [6, 6.07) is 11.9. The first-order chi connectivity index (χ1) is 15.4. The molecular formula is C23H25N3O6. The molecule has 3 amide bonds. The van der Waals surface area contributed by atoms with Crippen molar-refractivity contribution in [2.45, 2.75) is 25.9 Å². The van der Waals surface area contributed by atoms with E-state index in [1.54, 1.807) is 37.1 Å². The monoisotopic (exact) mass is 439 g/mol. The predicted octanol–water partition coefficient (Wildman–Crippen LogP) is 1.60. The van der Waals surface area contributed by atoms with Gasteiger partial charge in [0.25, 0.3) is 0 Å². The van der Waals surface area contributed by atoms with Crippen LogP contribution in [0.25, 0.3) is 0 Å². The van der Waals surface area contributed by atoms with Crippen LogP contribution in [0.5, 0.6) is 17.2 Å². The molecule has 0 radical (unpaired) electrons. The Bertz CT molecular complexity index is 1020. The first-order valence-electron chi connectivity index (χ1n) is 10.4. The summed E-state index contributed by atoms with van der Waals surface area (Å²) in [4.78, 5) is 39.1. The molecule has 168 valence electrons. The van der Waals surface area contributed by atoms with Crippen LogP contribution >= 0.6 is 0 Å². The zero-order valence-corrected chi connectivity index (χ0v) is 17.9. The van der Waals surface area contributed by atoms with Crippen molar-refractivity contribution in [3.05, 3.63) is 48.0 Å². The van der Waals surface area contributed by atoms with Crippen LogP contribution in [0.2, 0.25) is 0 Å². The lowest BCUT2D eigenvalue weighted by Crippen LogP contribution is -2.46. The SMILES string of the molecule is COc1ccc(CNC(=O)[C@H](C)NC(=O)[C@H]2CC(=O)N(c3ccc4c(c3)OCO4)C2)cc1. The molecule has 2 aliphatic rings. The molecule has 32 heavy (non-hydrogen) atoms. The van der Waals surface area contributed by atoms with Crippen molar-refractivity contribution in [1.29, 1.82) is 0 Å². The zero-order chi connectivity index (χ0) is 22.7. The number of hydrogen-bond donors (Lipinski definition) is 2. The smallest absolute Gasteiger partial charge is 0.242 e. The first kappa shape index (κ1) is 21.5. The molecule has 9 heteroatoms. The normalized spacial score (nSPS) is 17.8. The molecule has 4 rings (SSSR count). The molecule has 0 bridgehead atoms. The Labute approximate surface area is 185 Å². The van der Waals surface area contributed by atoms with Gasteiger partial charge in [-0.3, -0.25) is 14.4 Å². The molecule has 9 nitrogen and oxygen atoms in total. The number of benzene rings is 2. The van der Waals surface area contributed by atoms with E-state index in [2.05, 4.69) is 10.6 Å². The minimum atomic E-state index is -0.726. The lowest BCUT2D eigenvalue weighted by molar-refractivity contribution is -0.131. The summed E-state index contributed by atoms with van der Waals surface area (Å²) in [6.45, 7) is 2.34. The van der Waals surface area contributed by atoms with Crippen molar-refractivity contribution in [3.63, 3.8) is 0 Å². The van der Waals surface area contributed by atoms with Crippen LogP contribution in [-0.4, -0.2) is 44.2 Å². The Kier molecular flexibility index (Phi) is 6.16. The van der Waals surface area contributed by atoms with E-state index in [4.69, 9.17) is 14.2 Å². The van der Waals surface area contributed by atoms with Gasteiger partial charge in [0.1, 0.15) is 11.8 Å². The fourth-order valence-corrected chi connectivity index (χ4v) is 3.67. The molecule has 0 aromatic heterocycles. The number of rotatable bonds is 7. The molecule has 2 aromatic carbocycles. The number of anilines is 1. The maximum atomic E-state index is 12.7. The van der Waals surface area contributed by atoms with E-state index in [9.17, 15) is 14.4 Å². The van der Waals surface area contributed by atoms with Crippen LogP contribution in [0.15, 0.2) is 42.5 Å². The van der Waals surface area contributed by atoms with Crippen molar-refractivity contribution in [1.82, 2.24) is 10.6 Å². The van der Waals surface area contributed by atoms with Gasteiger partial charge in [-0.1, -0.05) is 12.1 Å². The van der Waals surface area contributed by atoms with E-state index < -0.39 is 12.0 Å². The van der Waals surface area contributed by atoms with Gasteiger partial charge in [-0.25, -0.2) is 0 Å². The molecule has 1 fully saturated rings. The molecule has 1 saturated heterocycles. The summed E-state index contributed by atoms with van der Waals surface area (Å²) in [7, 11) is 1.59. The minimum absolute atomic E-state index is 0.0838. The van der Waals surface area contributed by atoms with Crippen molar-refractivity contribution >= 4 is 23.4 Å². The molecule has 0 unspecified atom stereocenters. The third-order valence-electron chi connectivity index (χ3n) is 5.54. The van der Waals surface area contributed by atoms with Crippen LogP contribution in [0.1, 0.15) is 18.9 Å². The van der Waals surface area contributed by atoms with Gasteiger partial charge in [0, 0.05) is 31.3 Å². The molecule has 2 atom stereocenters. The van der Waals surface area contributed by atoms with Gasteiger partial charge >= 0.3 is 0 Å². The van der Waals surface area contributed by atoms with Crippen molar-refractivity contribution in [2.24, 2.45) is 5.92 Å². The summed E-state index contributed by atoms with van der Waals surface area (Å²) < 4.78 is 15.8. The first-order valence-corrected chi connectivity index (χ1v) is 10.4. The van der Waals surface area contributed by atoms with Gasteiger partial charge in [-0.15, -0.1) is 0 Å². The van der Waals surface area contributed by atoms with E-state index in [0.29, 0.717) is 23.7 Å². The van der Waals surface area contributed by atoms with Crippen LogP contribution in [-0.2, 0) is 20.9 Å². The summed E-state index contributed by atoms with van der Waals surface area (Å²) >= 11 is 0. The largest absolute Gasteiger partial charge is 0.497 e. The number of carbonyl (C=O) groups is 3. The predicted molar refractivity (Wildman–Crippen MR) is 115 cm³/mol. The number of carbonyl (C=O) groups excluding carboxylic acids is 3. The second kappa shape index (κ2) is 9.17. The fraction of sp³-hybridized carbons (Fsp3) is 0.348. The number of hydrogen-bond acceptors (Lipinski definition) is 6. The van der Waals surface area contributed by atoms with Gasteiger partial charge in [-0.05, 0) is 36.8 Å². The van der Waals surface area contributed by atoms with Gasteiger partial charge in [0.2, 0.25) is 24.5 Å².